The number of anilines is 1. The number of nitrogens with two attached hydrogens (primary N) is 1. The molecular formula is C16H12ClN7O2. The van der Waals surface area contributed by atoms with Crippen LogP contribution in [-0.4, -0.2) is 29.7 Å². The number of H-pyrrole nitrogens is 2. The number of nitrogen functional groups attached to an aromatic ring is 1. The first kappa shape index (κ1) is 15.9. The van der Waals surface area contributed by atoms with Gasteiger partial charge in [-0.15, -0.1) is 0 Å². The second kappa shape index (κ2) is 6.05. The van der Waals surface area contributed by atoms with Crippen LogP contribution in [0.15, 0.2) is 46.3 Å². The van der Waals surface area contributed by atoms with Gasteiger partial charge in [-0.3, -0.25) is 4.98 Å². The smallest absolute Gasteiger partial charge is 0.326 e. The van der Waals surface area contributed by atoms with E-state index in [1.807, 2.05) is 0 Å². The van der Waals surface area contributed by atoms with Crippen molar-refractivity contribution < 1.29 is 5.11 Å². The van der Waals surface area contributed by atoms with Crippen LogP contribution in [0.4, 0.5) is 11.5 Å². The largest absolute Gasteiger partial charge is 0.493 e. The quantitative estimate of drug-likeness (QED) is 0.407. The molecule has 4 rings (SSSR count). The number of nitrogens with one attached hydrogen (secondary N) is 2. The van der Waals surface area contributed by atoms with Gasteiger partial charge in [-0.1, -0.05) is 17.7 Å². The number of fused-ring (bicyclic) bond motifs is 1. The average molecular weight is 370 g/mol. The number of hydrogen-bond donors (Lipinski definition) is 4. The monoisotopic (exact) mass is 369 g/mol. The Morgan fingerprint density at radius 3 is 2.88 bits per heavy atom. The van der Waals surface area contributed by atoms with Crippen LogP contribution in [0.2, 0.25) is 5.02 Å². The second-order valence-corrected chi connectivity index (χ2v) is 5.89. The van der Waals surface area contributed by atoms with Crippen LogP contribution < -0.4 is 22.1 Å². The van der Waals surface area contributed by atoms with Crippen LogP contribution in [0.3, 0.4) is 0 Å². The van der Waals surface area contributed by atoms with Gasteiger partial charge in [0, 0.05) is 16.3 Å². The fourth-order valence-corrected chi connectivity index (χ4v) is 2.66. The van der Waals surface area contributed by atoms with Gasteiger partial charge in [-0.25, -0.2) is 14.8 Å². The summed E-state index contributed by atoms with van der Waals surface area (Å²) >= 11 is 5.97. The Hall–Kier alpha value is -3.59. The molecule has 1 aromatic carbocycles. The molecule has 0 amide bonds. The lowest BCUT2D eigenvalue weighted by molar-refractivity contribution is 0.454. The predicted molar refractivity (Wildman–Crippen MR) is 95.9 cm³/mol. The second-order valence-electron chi connectivity index (χ2n) is 5.45. The molecule has 5 N–H and O–H groups in total. The minimum Gasteiger partial charge on any atom is -0.493 e. The third-order valence-electron chi connectivity index (χ3n) is 3.60. The summed E-state index contributed by atoms with van der Waals surface area (Å²) in [6.45, 7) is 0. The van der Waals surface area contributed by atoms with Crippen molar-refractivity contribution in [2.45, 2.75) is 0 Å². The van der Waals surface area contributed by atoms with E-state index in [1.165, 1.54) is 16.8 Å². The van der Waals surface area contributed by atoms with Crippen molar-refractivity contribution in [2.75, 3.05) is 5.73 Å². The molecule has 0 bridgehead atoms. The molecule has 0 aliphatic heterocycles. The summed E-state index contributed by atoms with van der Waals surface area (Å²) < 4.78 is 1.44. The molecule has 3 aromatic heterocycles. The number of aromatic hydroxyl groups is 1. The normalized spacial score (nSPS) is 13.0. The van der Waals surface area contributed by atoms with Crippen molar-refractivity contribution in [1.29, 1.82) is 0 Å². The van der Waals surface area contributed by atoms with Crippen LogP contribution in [-0.2, 0) is 0 Å². The molecule has 0 spiro atoms. The Morgan fingerprint density at radius 1 is 1.31 bits per heavy atom. The molecule has 0 fully saturated rings. The molecule has 0 atom stereocenters. The molecule has 10 heteroatoms. The van der Waals surface area contributed by atoms with Crippen molar-refractivity contribution in [2.24, 2.45) is 4.99 Å². The SMILES string of the molecule is Nc1cc(=Nc2cccc(Cl)c2)nc2c(=Cc3[nH]c(=O)[nH]c3O)cnn12. The summed E-state index contributed by atoms with van der Waals surface area (Å²) in [5.41, 5.74) is 7.15. The number of hydrogen-bond acceptors (Lipinski definition) is 6. The van der Waals surface area contributed by atoms with Crippen molar-refractivity contribution in [3.05, 3.63) is 68.4 Å². The lowest BCUT2D eigenvalue weighted by Gasteiger charge is -1.99. The van der Waals surface area contributed by atoms with Gasteiger partial charge in [0.15, 0.2) is 11.1 Å². The molecule has 0 saturated carbocycles. The zero-order chi connectivity index (χ0) is 18.3. The first-order valence-electron chi connectivity index (χ1n) is 7.47. The van der Waals surface area contributed by atoms with E-state index in [0.29, 0.717) is 32.9 Å². The Bertz CT molecular complexity index is 1300. The maximum absolute atomic E-state index is 11.3. The molecule has 130 valence electrons. The maximum Gasteiger partial charge on any atom is 0.326 e. The average Bonchev–Trinajstić information content (AvgIpc) is 3.11. The van der Waals surface area contributed by atoms with Crippen molar-refractivity contribution in [3.63, 3.8) is 0 Å². The van der Waals surface area contributed by atoms with E-state index in [0.717, 1.165) is 0 Å². The Kier molecular flexibility index (Phi) is 3.70. The number of halogens is 1. The highest BCUT2D eigenvalue weighted by Crippen LogP contribution is 2.17. The van der Waals surface area contributed by atoms with Crippen molar-refractivity contribution in [3.8, 4) is 5.88 Å². The first-order chi connectivity index (χ1) is 12.5. The van der Waals surface area contributed by atoms with Gasteiger partial charge in [0.05, 0.1) is 11.9 Å². The molecule has 9 nitrogen and oxygen atoms in total. The zero-order valence-corrected chi connectivity index (χ0v) is 13.9. The summed E-state index contributed by atoms with van der Waals surface area (Å²) in [6.07, 6.45) is 3.05. The maximum atomic E-state index is 11.3. The van der Waals surface area contributed by atoms with Crippen LogP contribution in [0.5, 0.6) is 5.88 Å². The molecule has 0 radical (unpaired) electrons. The van der Waals surface area contributed by atoms with Crippen LogP contribution in [0, 0.1) is 0 Å². The molecule has 26 heavy (non-hydrogen) atoms. The van der Waals surface area contributed by atoms with Gasteiger partial charge in [0.2, 0.25) is 5.88 Å². The highest BCUT2D eigenvalue weighted by molar-refractivity contribution is 6.30. The van der Waals surface area contributed by atoms with E-state index < -0.39 is 5.69 Å². The highest BCUT2D eigenvalue weighted by atomic mass is 35.5. The predicted octanol–water partition coefficient (Wildman–Crippen LogP) is 0.467. The highest BCUT2D eigenvalue weighted by Gasteiger charge is 2.07. The first-order valence-corrected chi connectivity index (χ1v) is 7.85. The summed E-state index contributed by atoms with van der Waals surface area (Å²) in [7, 11) is 0. The molecule has 0 aliphatic rings. The van der Waals surface area contributed by atoms with E-state index in [1.54, 1.807) is 30.3 Å². The molecule has 0 saturated heterocycles. The number of rotatable bonds is 2. The molecular weight excluding hydrogens is 358 g/mol. The fraction of sp³-hybridized carbons (Fsp3) is 0. The lowest BCUT2D eigenvalue weighted by atomic mass is 10.3. The van der Waals surface area contributed by atoms with Gasteiger partial charge in [0.1, 0.15) is 11.5 Å². The topological polar surface area (TPSA) is 137 Å². The van der Waals surface area contributed by atoms with Gasteiger partial charge >= 0.3 is 5.69 Å². The van der Waals surface area contributed by atoms with Gasteiger partial charge in [-0.05, 0) is 24.3 Å². The van der Waals surface area contributed by atoms with Crippen LogP contribution >= 0.6 is 11.6 Å². The van der Waals surface area contributed by atoms with Crippen molar-refractivity contribution >= 4 is 34.8 Å². The standard InChI is InChI=1S/C16H12ClN7O2/c17-9-2-1-3-10(5-9)20-13-6-12(18)24-14(22-13)8(7-19-24)4-11-15(25)23-16(26)21-11/h1-7,25H,18H2,(H2,21,23,26). The van der Waals surface area contributed by atoms with Crippen LogP contribution in [0.25, 0.3) is 11.7 Å². The van der Waals surface area contributed by atoms with Gasteiger partial charge in [0.25, 0.3) is 0 Å². The zero-order valence-electron chi connectivity index (χ0n) is 13.1. The third-order valence-corrected chi connectivity index (χ3v) is 3.84. The summed E-state index contributed by atoms with van der Waals surface area (Å²) in [6, 6.07) is 8.61. The van der Waals surface area contributed by atoms with E-state index in [2.05, 4.69) is 25.0 Å². The minimum absolute atomic E-state index is 0.211. The van der Waals surface area contributed by atoms with Gasteiger partial charge < -0.3 is 15.8 Å². The number of aromatic amines is 2. The van der Waals surface area contributed by atoms with E-state index >= 15 is 0 Å². The Morgan fingerprint density at radius 2 is 2.15 bits per heavy atom. The van der Waals surface area contributed by atoms with Crippen molar-refractivity contribution in [1.82, 2.24) is 24.6 Å². The number of aromatic nitrogens is 5. The Balaban J connectivity index is 1.94. The number of benzene rings is 1. The van der Waals surface area contributed by atoms with Gasteiger partial charge in [-0.2, -0.15) is 9.61 Å². The fourth-order valence-electron chi connectivity index (χ4n) is 2.47. The molecule has 0 aliphatic carbocycles. The minimum atomic E-state index is -0.519. The molecule has 4 aromatic rings. The third kappa shape index (κ3) is 2.91. The van der Waals surface area contributed by atoms with Crippen LogP contribution in [0.1, 0.15) is 5.69 Å². The number of nitrogens with zero attached hydrogens (tertiary/aromatic N) is 4. The molecule has 0 unspecified atom stereocenters. The van der Waals surface area contributed by atoms with E-state index in [4.69, 9.17) is 17.3 Å². The molecule has 3 heterocycles. The van der Waals surface area contributed by atoms with E-state index in [9.17, 15) is 9.90 Å². The summed E-state index contributed by atoms with van der Waals surface area (Å²) in [5, 5.41) is 15.0. The van der Waals surface area contributed by atoms with E-state index in [-0.39, 0.29) is 11.6 Å². The number of imidazole rings is 1. The Labute approximate surface area is 150 Å². The summed E-state index contributed by atoms with van der Waals surface area (Å²) in [5.74, 6) is 0.0595. The lowest BCUT2D eigenvalue weighted by Crippen LogP contribution is -2.16. The summed E-state index contributed by atoms with van der Waals surface area (Å²) in [4.78, 5) is 24.8.